The van der Waals surface area contributed by atoms with E-state index in [1.807, 2.05) is 16.8 Å². The largest absolute Gasteiger partial charge is 0.497 e. The zero-order chi connectivity index (χ0) is 18.2. The molecule has 0 unspecified atom stereocenters. The van der Waals surface area contributed by atoms with Crippen LogP contribution < -0.4 is 9.47 Å². The van der Waals surface area contributed by atoms with Gasteiger partial charge in [-0.2, -0.15) is 11.3 Å². The van der Waals surface area contributed by atoms with Gasteiger partial charge in [-0.25, -0.2) is 0 Å². The number of hydrogen-bond donors (Lipinski definition) is 1. The Balaban J connectivity index is 2.11. The lowest BCUT2D eigenvalue weighted by molar-refractivity contribution is -0.144. The molecule has 0 bridgehead atoms. The highest BCUT2D eigenvalue weighted by atomic mass is 32.1. The van der Waals surface area contributed by atoms with Crippen molar-refractivity contribution >= 4 is 23.2 Å². The number of amides is 1. The molecule has 0 spiro atoms. The number of carboxylic acid groups (broad SMARTS) is 1. The summed E-state index contributed by atoms with van der Waals surface area (Å²) in [6, 6.07) is 7.23. The second-order valence-electron chi connectivity index (χ2n) is 5.50. The average Bonchev–Trinajstić information content (AvgIpc) is 3.11. The van der Waals surface area contributed by atoms with Crippen LogP contribution in [0.5, 0.6) is 11.5 Å². The van der Waals surface area contributed by atoms with Crippen LogP contribution in [0.1, 0.15) is 17.5 Å². The van der Waals surface area contributed by atoms with Gasteiger partial charge in [-0.05, 0) is 46.5 Å². The van der Waals surface area contributed by atoms with E-state index in [1.165, 1.54) is 4.90 Å². The maximum atomic E-state index is 12.5. The fourth-order valence-corrected chi connectivity index (χ4v) is 3.12. The van der Waals surface area contributed by atoms with Crippen molar-refractivity contribution in [1.82, 2.24) is 4.90 Å². The number of methoxy groups -OCH3 is 2. The summed E-state index contributed by atoms with van der Waals surface area (Å²) in [5.74, 6) is -0.0557. The molecular formula is C18H21NO5S. The first-order chi connectivity index (χ1) is 12.0. The minimum atomic E-state index is -1.04. The zero-order valence-electron chi connectivity index (χ0n) is 14.2. The average molecular weight is 363 g/mol. The quantitative estimate of drug-likeness (QED) is 0.741. The Morgan fingerprint density at radius 1 is 1.12 bits per heavy atom. The Morgan fingerprint density at radius 2 is 1.80 bits per heavy atom. The van der Waals surface area contributed by atoms with Crippen molar-refractivity contribution < 1.29 is 24.2 Å². The number of thiophene rings is 1. The first kappa shape index (κ1) is 18.8. The lowest BCUT2D eigenvalue weighted by atomic mass is 10.1. The molecule has 2 aromatic rings. The molecule has 25 heavy (non-hydrogen) atoms. The van der Waals surface area contributed by atoms with Gasteiger partial charge in [0.2, 0.25) is 5.91 Å². The molecule has 1 N–H and O–H groups in total. The fraction of sp³-hybridized carbons (Fsp3) is 0.333. The highest BCUT2D eigenvalue weighted by molar-refractivity contribution is 7.07. The first-order valence-corrected chi connectivity index (χ1v) is 8.68. The maximum absolute atomic E-state index is 12.5. The third-order valence-corrected chi connectivity index (χ3v) is 4.40. The topological polar surface area (TPSA) is 76.1 Å². The molecule has 0 aliphatic carbocycles. The predicted octanol–water partition coefficient (Wildman–Crippen LogP) is 2.81. The number of hydrogen-bond acceptors (Lipinski definition) is 5. The zero-order valence-corrected chi connectivity index (χ0v) is 15.0. The standard InChI is InChI=1S/C18H21NO5S/c1-23-15-7-14(8-16(9-15)24-2)10-19(11-18(21)22)17(20)4-3-13-5-6-25-12-13/h5-9,12H,3-4,10-11H2,1-2H3,(H,21,22). The van der Waals surface area contributed by atoms with Crippen molar-refractivity contribution in [3.05, 3.63) is 46.2 Å². The van der Waals surface area contributed by atoms with Crippen molar-refractivity contribution in [3.63, 3.8) is 0 Å². The minimum Gasteiger partial charge on any atom is -0.497 e. The van der Waals surface area contributed by atoms with E-state index in [-0.39, 0.29) is 25.4 Å². The van der Waals surface area contributed by atoms with E-state index in [0.29, 0.717) is 17.9 Å². The summed E-state index contributed by atoms with van der Waals surface area (Å²) in [4.78, 5) is 25.0. The summed E-state index contributed by atoms with van der Waals surface area (Å²) in [6.07, 6.45) is 0.866. The molecule has 0 atom stereocenters. The number of carboxylic acids is 1. The van der Waals surface area contributed by atoms with Crippen LogP contribution in [0.25, 0.3) is 0 Å². The molecule has 1 heterocycles. The van der Waals surface area contributed by atoms with Crippen molar-refractivity contribution in [2.24, 2.45) is 0 Å². The summed E-state index contributed by atoms with van der Waals surface area (Å²) in [6.45, 7) is -0.162. The van der Waals surface area contributed by atoms with E-state index in [4.69, 9.17) is 14.6 Å². The minimum absolute atomic E-state index is 0.183. The van der Waals surface area contributed by atoms with Crippen LogP contribution in [-0.4, -0.2) is 42.6 Å². The molecule has 0 saturated carbocycles. The highest BCUT2D eigenvalue weighted by Gasteiger charge is 2.18. The highest BCUT2D eigenvalue weighted by Crippen LogP contribution is 2.23. The summed E-state index contributed by atoms with van der Waals surface area (Å²) in [7, 11) is 3.08. The Bertz CT molecular complexity index is 692. The molecule has 1 aromatic carbocycles. The fourth-order valence-electron chi connectivity index (χ4n) is 2.42. The lowest BCUT2D eigenvalue weighted by Gasteiger charge is -2.21. The van der Waals surface area contributed by atoms with Crippen LogP contribution in [0.3, 0.4) is 0 Å². The van der Waals surface area contributed by atoms with Crippen molar-refractivity contribution in [2.75, 3.05) is 20.8 Å². The summed E-state index contributed by atoms with van der Waals surface area (Å²) >= 11 is 1.57. The molecule has 0 fully saturated rings. The third kappa shape index (κ3) is 5.79. The molecule has 7 heteroatoms. The Hall–Kier alpha value is -2.54. The number of rotatable bonds is 9. The van der Waals surface area contributed by atoms with E-state index in [0.717, 1.165) is 11.1 Å². The Labute approximate surface area is 150 Å². The maximum Gasteiger partial charge on any atom is 0.323 e. The van der Waals surface area contributed by atoms with Crippen LogP contribution >= 0.6 is 11.3 Å². The van der Waals surface area contributed by atoms with E-state index in [2.05, 4.69) is 0 Å². The van der Waals surface area contributed by atoms with Gasteiger partial charge in [0.1, 0.15) is 18.0 Å². The van der Waals surface area contributed by atoms with E-state index < -0.39 is 5.97 Å². The molecule has 134 valence electrons. The van der Waals surface area contributed by atoms with Gasteiger partial charge in [-0.1, -0.05) is 0 Å². The second-order valence-corrected chi connectivity index (χ2v) is 6.28. The smallest absolute Gasteiger partial charge is 0.323 e. The summed E-state index contributed by atoms with van der Waals surface area (Å²) in [5, 5.41) is 13.1. The summed E-state index contributed by atoms with van der Waals surface area (Å²) in [5.41, 5.74) is 1.83. The molecule has 6 nitrogen and oxygen atoms in total. The first-order valence-electron chi connectivity index (χ1n) is 7.74. The number of ether oxygens (including phenoxy) is 2. The molecule has 1 aromatic heterocycles. The number of benzene rings is 1. The van der Waals surface area contributed by atoms with Gasteiger partial charge < -0.3 is 19.5 Å². The molecule has 1 amide bonds. The van der Waals surface area contributed by atoms with Gasteiger partial charge in [0.25, 0.3) is 0 Å². The Kier molecular flexibility index (Phi) is 6.82. The van der Waals surface area contributed by atoms with Crippen LogP contribution in [0.15, 0.2) is 35.0 Å². The van der Waals surface area contributed by atoms with E-state index in [9.17, 15) is 9.59 Å². The Morgan fingerprint density at radius 3 is 2.32 bits per heavy atom. The normalized spacial score (nSPS) is 10.3. The van der Waals surface area contributed by atoms with Crippen LogP contribution in [0.2, 0.25) is 0 Å². The monoisotopic (exact) mass is 363 g/mol. The van der Waals surface area contributed by atoms with Gasteiger partial charge in [0.05, 0.1) is 14.2 Å². The molecule has 2 rings (SSSR count). The molecule has 0 aliphatic rings. The van der Waals surface area contributed by atoms with Gasteiger partial charge in [-0.3, -0.25) is 9.59 Å². The van der Waals surface area contributed by atoms with Crippen molar-refractivity contribution in [3.8, 4) is 11.5 Å². The van der Waals surface area contributed by atoms with Gasteiger partial charge >= 0.3 is 5.97 Å². The molecule has 0 saturated heterocycles. The van der Waals surface area contributed by atoms with Crippen LogP contribution in [-0.2, 0) is 22.6 Å². The molecular weight excluding hydrogens is 342 g/mol. The number of aliphatic carboxylic acids is 1. The number of nitrogens with zero attached hydrogens (tertiary/aromatic N) is 1. The predicted molar refractivity (Wildman–Crippen MR) is 95.2 cm³/mol. The van der Waals surface area contributed by atoms with Gasteiger partial charge in [0, 0.05) is 19.0 Å². The van der Waals surface area contributed by atoms with Gasteiger partial charge in [-0.15, -0.1) is 0 Å². The lowest BCUT2D eigenvalue weighted by Crippen LogP contribution is -2.35. The van der Waals surface area contributed by atoms with Crippen LogP contribution in [0.4, 0.5) is 0 Å². The summed E-state index contributed by atoms with van der Waals surface area (Å²) < 4.78 is 10.4. The number of aryl methyl sites for hydroxylation is 1. The van der Waals surface area contributed by atoms with Crippen molar-refractivity contribution in [1.29, 1.82) is 0 Å². The number of carbonyl (C=O) groups is 2. The van der Waals surface area contributed by atoms with E-state index in [1.54, 1.807) is 43.8 Å². The molecule has 0 aliphatic heterocycles. The number of carbonyl (C=O) groups excluding carboxylic acids is 1. The second kappa shape index (κ2) is 9.08. The van der Waals surface area contributed by atoms with Crippen molar-refractivity contribution in [2.45, 2.75) is 19.4 Å². The van der Waals surface area contributed by atoms with E-state index >= 15 is 0 Å². The third-order valence-electron chi connectivity index (χ3n) is 3.67. The van der Waals surface area contributed by atoms with Gasteiger partial charge in [0.15, 0.2) is 0 Å². The van der Waals surface area contributed by atoms with Crippen LogP contribution in [0, 0.1) is 0 Å². The SMILES string of the molecule is COc1cc(CN(CC(=O)O)C(=O)CCc2ccsc2)cc(OC)c1. The molecule has 0 radical (unpaired) electrons.